The molecule has 0 aliphatic carbocycles. The van der Waals surface area contributed by atoms with Crippen molar-refractivity contribution in [2.45, 2.75) is 19.8 Å². The summed E-state index contributed by atoms with van der Waals surface area (Å²) >= 11 is 0. The number of nitrogens with zero attached hydrogens (tertiary/aromatic N) is 1. The highest BCUT2D eigenvalue weighted by molar-refractivity contribution is 5.97. The van der Waals surface area contributed by atoms with E-state index in [-0.39, 0.29) is 41.4 Å². The molecule has 1 aliphatic heterocycles. The predicted molar refractivity (Wildman–Crippen MR) is 98.6 cm³/mol. The van der Waals surface area contributed by atoms with Crippen molar-refractivity contribution in [1.29, 1.82) is 0 Å². The Kier molecular flexibility index (Phi) is 8.47. The monoisotopic (exact) mass is 386 g/mol. The first-order chi connectivity index (χ1) is 11.9. The Labute approximate surface area is 157 Å². The van der Waals surface area contributed by atoms with Gasteiger partial charge in [-0.1, -0.05) is 0 Å². The van der Waals surface area contributed by atoms with Gasteiger partial charge in [-0.3, -0.25) is 14.4 Å². The fourth-order valence-electron chi connectivity index (χ4n) is 2.84. The quantitative estimate of drug-likeness (QED) is 0.705. The maximum absolute atomic E-state index is 13.7. The van der Waals surface area contributed by atoms with Crippen LogP contribution >= 0.6 is 12.4 Å². The van der Waals surface area contributed by atoms with Crippen molar-refractivity contribution in [3.8, 4) is 0 Å². The average molecular weight is 387 g/mol. The molecule has 1 saturated heterocycles. The molecule has 144 valence electrons. The van der Waals surface area contributed by atoms with Gasteiger partial charge >= 0.3 is 0 Å². The number of carbonyl (C=O) groups excluding carboxylic acids is 3. The van der Waals surface area contributed by atoms with Gasteiger partial charge in [-0.25, -0.2) is 4.39 Å². The second-order valence-corrected chi connectivity index (χ2v) is 6.05. The summed E-state index contributed by atoms with van der Waals surface area (Å²) in [7, 11) is 0. The number of anilines is 1. The maximum atomic E-state index is 13.7. The van der Waals surface area contributed by atoms with Crippen LogP contribution in [0.2, 0.25) is 0 Å². The van der Waals surface area contributed by atoms with Gasteiger partial charge in [0, 0.05) is 38.7 Å². The number of amides is 3. The zero-order valence-corrected chi connectivity index (χ0v) is 15.4. The van der Waals surface area contributed by atoms with Gasteiger partial charge in [0.15, 0.2) is 0 Å². The molecule has 0 saturated carbocycles. The van der Waals surface area contributed by atoms with Gasteiger partial charge < -0.3 is 21.3 Å². The number of rotatable bonds is 5. The first-order valence-corrected chi connectivity index (χ1v) is 8.26. The molecule has 0 radical (unpaired) electrons. The molecule has 1 atom stereocenters. The largest absolute Gasteiger partial charge is 0.355 e. The molecule has 1 fully saturated rings. The van der Waals surface area contributed by atoms with E-state index >= 15 is 0 Å². The number of benzene rings is 1. The number of likely N-dealkylation sites (tertiary alicyclic amines) is 1. The van der Waals surface area contributed by atoms with Crippen molar-refractivity contribution in [2.75, 3.05) is 31.5 Å². The molecule has 1 aromatic carbocycles. The minimum Gasteiger partial charge on any atom is -0.355 e. The number of hydrogen-bond donors (Lipinski definition) is 3. The normalized spacial score (nSPS) is 16.4. The third-order valence-electron chi connectivity index (χ3n) is 4.05. The predicted octanol–water partition coefficient (Wildman–Crippen LogP) is 1.13. The molecule has 1 heterocycles. The van der Waals surface area contributed by atoms with Crippen molar-refractivity contribution in [1.82, 2.24) is 10.2 Å². The second-order valence-electron chi connectivity index (χ2n) is 6.05. The molecule has 4 N–H and O–H groups in total. The summed E-state index contributed by atoms with van der Waals surface area (Å²) < 4.78 is 13.7. The van der Waals surface area contributed by atoms with Crippen LogP contribution in [-0.4, -0.2) is 48.8 Å². The first-order valence-electron chi connectivity index (χ1n) is 8.26. The van der Waals surface area contributed by atoms with E-state index in [4.69, 9.17) is 5.73 Å². The topological polar surface area (TPSA) is 105 Å². The van der Waals surface area contributed by atoms with Crippen molar-refractivity contribution in [3.63, 3.8) is 0 Å². The lowest BCUT2D eigenvalue weighted by Crippen LogP contribution is -2.46. The van der Waals surface area contributed by atoms with Crippen molar-refractivity contribution in [2.24, 2.45) is 11.7 Å². The van der Waals surface area contributed by atoms with Gasteiger partial charge in [-0.05, 0) is 31.0 Å². The van der Waals surface area contributed by atoms with Crippen LogP contribution in [0.5, 0.6) is 0 Å². The summed E-state index contributed by atoms with van der Waals surface area (Å²) in [6, 6.07) is 3.84. The van der Waals surface area contributed by atoms with Gasteiger partial charge in [-0.2, -0.15) is 0 Å². The molecule has 0 bridgehead atoms. The zero-order chi connectivity index (χ0) is 18.4. The molecule has 0 aromatic heterocycles. The van der Waals surface area contributed by atoms with E-state index in [2.05, 4.69) is 10.6 Å². The number of nitrogens with two attached hydrogens (primary N) is 1. The van der Waals surface area contributed by atoms with E-state index in [1.54, 1.807) is 4.90 Å². The number of hydrogen-bond acceptors (Lipinski definition) is 4. The Morgan fingerprint density at radius 3 is 2.73 bits per heavy atom. The molecular weight excluding hydrogens is 363 g/mol. The van der Waals surface area contributed by atoms with Crippen molar-refractivity contribution >= 4 is 35.8 Å². The highest BCUT2D eigenvalue weighted by atomic mass is 35.5. The molecule has 1 aliphatic rings. The molecular formula is C17H24ClFN4O3. The minimum absolute atomic E-state index is 0. The third-order valence-corrected chi connectivity index (χ3v) is 4.05. The summed E-state index contributed by atoms with van der Waals surface area (Å²) in [6.07, 6.45) is 1.42. The molecule has 9 heteroatoms. The SMILES string of the molecule is CC(=O)Nc1cc(C(=O)N2CCCC(C(=O)NCCN)C2)ccc1F.Cl. The fourth-order valence-corrected chi connectivity index (χ4v) is 2.84. The molecule has 2 rings (SSSR count). The molecule has 3 amide bonds. The van der Waals surface area contributed by atoms with Gasteiger partial charge in [0.2, 0.25) is 11.8 Å². The van der Waals surface area contributed by atoms with Gasteiger partial charge in [0.05, 0.1) is 11.6 Å². The Balaban J connectivity index is 0.00000338. The smallest absolute Gasteiger partial charge is 0.253 e. The number of carbonyl (C=O) groups is 3. The van der Waals surface area contributed by atoms with Gasteiger partial charge in [-0.15, -0.1) is 12.4 Å². The number of halogens is 2. The summed E-state index contributed by atoms with van der Waals surface area (Å²) in [4.78, 5) is 37.5. The van der Waals surface area contributed by atoms with E-state index in [0.29, 0.717) is 39.0 Å². The standard InChI is InChI=1S/C17H23FN4O3.ClH/c1-11(23)21-15-9-12(4-5-14(15)18)17(25)22-8-2-3-13(10-22)16(24)20-7-6-19;/h4-5,9,13H,2-3,6-8,10,19H2,1H3,(H,20,24)(H,21,23);1H. The highest BCUT2D eigenvalue weighted by Crippen LogP contribution is 2.21. The van der Waals surface area contributed by atoms with Crippen molar-refractivity contribution in [3.05, 3.63) is 29.6 Å². The van der Waals surface area contributed by atoms with Crippen LogP contribution in [-0.2, 0) is 9.59 Å². The van der Waals surface area contributed by atoms with Crippen molar-refractivity contribution < 1.29 is 18.8 Å². The van der Waals surface area contributed by atoms with E-state index in [1.807, 2.05) is 0 Å². The maximum Gasteiger partial charge on any atom is 0.253 e. The summed E-state index contributed by atoms with van der Waals surface area (Å²) in [5, 5.41) is 5.10. The van der Waals surface area contributed by atoms with Crippen LogP contribution in [0, 0.1) is 11.7 Å². The Bertz CT molecular complexity index is 671. The van der Waals surface area contributed by atoms with E-state index in [9.17, 15) is 18.8 Å². The number of nitrogens with one attached hydrogen (secondary N) is 2. The molecule has 1 aromatic rings. The molecule has 0 spiro atoms. The highest BCUT2D eigenvalue weighted by Gasteiger charge is 2.29. The summed E-state index contributed by atoms with van der Waals surface area (Å²) in [5.74, 6) is -1.70. The summed E-state index contributed by atoms with van der Waals surface area (Å²) in [5.41, 5.74) is 5.62. The van der Waals surface area contributed by atoms with Gasteiger partial charge in [0.25, 0.3) is 5.91 Å². The number of piperidine rings is 1. The zero-order valence-electron chi connectivity index (χ0n) is 14.6. The minimum atomic E-state index is -0.607. The lowest BCUT2D eigenvalue weighted by atomic mass is 9.96. The Hall–Kier alpha value is -2.19. The van der Waals surface area contributed by atoms with Gasteiger partial charge in [0.1, 0.15) is 5.82 Å². The second kappa shape index (κ2) is 10.1. The van der Waals surface area contributed by atoms with E-state index in [1.165, 1.54) is 19.1 Å². The van der Waals surface area contributed by atoms with E-state index < -0.39 is 11.7 Å². The first kappa shape index (κ1) is 21.9. The summed E-state index contributed by atoms with van der Waals surface area (Å²) in [6.45, 7) is 2.88. The molecule has 1 unspecified atom stereocenters. The lowest BCUT2D eigenvalue weighted by molar-refractivity contribution is -0.126. The molecule has 26 heavy (non-hydrogen) atoms. The van der Waals surface area contributed by atoms with E-state index in [0.717, 1.165) is 6.07 Å². The van der Waals surface area contributed by atoms with Crippen LogP contribution in [0.3, 0.4) is 0 Å². The average Bonchev–Trinajstić information content (AvgIpc) is 2.60. The van der Waals surface area contributed by atoms with Crippen LogP contribution in [0.15, 0.2) is 18.2 Å². The van der Waals surface area contributed by atoms with Crippen LogP contribution in [0.1, 0.15) is 30.1 Å². The fraction of sp³-hybridized carbons (Fsp3) is 0.471. The lowest BCUT2D eigenvalue weighted by Gasteiger charge is -2.32. The van der Waals surface area contributed by atoms with Crippen LogP contribution in [0.4, 0.5) is 10.1 Å². The van der Waals surface area contributed by atoms with Crippen LogP contribution in [0.25, 0.3) is 0 Å². The third kappa shape index (κ3) is 5.67. The van der Waals surface area contributed by atoms with Crippen LogP contribution < -0.4 is 16.4 Å². The Morgan fingerprint density at radius 2 is 2.08 bits per heavy atom. The Morgan fingerprint density at radius 1 is 1.35 bits per heavy atom. The molecule has 7 nitrogen and oxygen atoms in total.